The molecule has 0 aliphatic heterocycles. The van der Waals surface area contributed by atoms with E-state index in [9.17, 15) is 9.59 Å². The lowest BCUT2D eigenvalue weighted by atomic mass is 10.2. The quantitative estimate of drug-likeness (QED) is 0.875. The van der Waals surface area contributed by atoms with Gasteiger partial charge in [0.15, 0.2) is 0 Å². The van der Waals surface area contributed by atoms with Crippen LogP contribution in [-0.4, -0.2) is 28.0 Å². The summed E-state index contributed by atoms with van der Waals surface area (Å²) in [7, 11) is 0. The highest BCUT2D eigenvalue weighted by molar-refractivity contribution is 5.84. The average molecular weight is 288 g/mol. The minimum Gasteiger partial charge on any atom is -0.480 e. The molecule has 1 aromatic carbocycles. The van der Waals surface area contributed by atoms with Gasteiger partial charge in [-0.1, -0.05) is 18.2 Å². The molecule has 0 aliphatic rings. The number of carbonyl (C=O) groups is 2. The highest BCUT2D eigenvalue weighted by Gasteiger charge is 2.18. The molecule has 0 saturated carbocycles. The monoisotopic (exact) mass is 288 g/mol. The van der Waals surface area contributed by atoms with E-state index in [-0.39, 0.29) is 6.42 Å². The third kappa shape index (κ3) is 3.68. The second kappa shape index (κ2) is 6.21. The summed E-state index contributed by atoms with van der Waals surface area (Å²) in [6.07, 6.45) is -0.0141. The van der Waals surface area contributed by atoms with Crippen molar-refractivity contribution in [1.82, 2.24) is 10.3 Å². The van der Waals surface area contributed by atoms with Crippen LogP contribution in [0.5, 0.6) is 0 Å². The number of amides is 1. The van der Waals surface area contributed by atoms with Crippen molar-refractivity contribution in [2.45, 2.75) is 26.3 Å². The van der Waals surface area contributed by atoms with Crippen molar-refractivity contribution in [1.29, 1.82) is 0 Å². The minimum atomic E-state index is -1.08. The molecule has 110 valence electrons. The van der Waals surface area contributed by atoms with E-state index in [1.807, 2.05) is 30.3 Å². The van der Waals surface area contributed by atoms with Crippen LogP contribution < -0.4 is 5.32 Å². The lowest BCUT2D eigenvalue weighted by molar-refractivity contribution is -0.141. The van der Waals surface area contributed by atoms with E-state index in [0.29, 0.717) is 17.3 Å². The molecular formula is C15H16N2O4. The van der Waals surface area contributed by atoms with Crippen LogP contribution in [0.25, 0.3) is 11.5 Å². The number of carboxylic acid groups (broad SMARTS) is 1. The van der Waals surface area contributed by atoms with Crippen molar-refractivity contribution in [3.05, 3.63) is 41.8 Å². The van der Waals surface area contributed by atoms with Crippen molar-refractivity contribution in [2.24, 2.45) is 0 Å². The Bertz CT molecular complexity index is 649. The lowest BCUT2D eigenvalue weighted by Crippen LogP contribution is -2.39. The Morgan fingerprint density at radius 2 is 2.00 bits per heavy atom. The Morgan fingerprint density at radius 1 is 1.33 bits per heavy atom. The molecule has 6 nitrogen and oxygen atoms in total. The number of hydrogen-bond acceptors (Lipinski definition) is 4. The standard InChI is InChI=1S/C15H16N2O4/c1-9(15(19)20)16-13(18)8-12-10(2)21-14(17-12)11-6-4-3-5-7-11/h3-7,9H,8H2,1-2H3,(H,16,18)(H,19,20)/t9-/m0/s1. The summed E-state index contributed by atoms with van der Waals surface area (Å²) >= 11 is 0. The molecule has 2 N–H and O–H groups in total. The van der Waals surface area contributed by atoms with Crippen molar-refractivity contribution in [3.63, 3.8) is 0 Å². The molecule has 0 unspecified atom stereocenters. The van der Waals surface area contributed by atoms with Crippen LogP contribution in [0.15, 0.2) is 34.7 Å². The van der Waals surface area contributed by atoms with Crippen LogP contribution >= 0.6 is 0 Å². The summed E-state index contributed by atoms with van der Waals surface area (Å²) in [4.78, 5) is 26.8. The van der Waals surface area contributed by atoms with Crippen molar-refractivity contribution >= 4 is 11.9 Å². The van der Waals surface area contributed by atoms with E-state index in [4.69, 9.17) is 9.52 Å². The summed E-state index contributed by atoms with van der Waals surface area (Å²) < 4.78 is 5.55. The number of nitrogens with one attached hydrogen (secondary N) is 1. The molecule has 1 heterocycles. The minimum absolute atomic E-state index is 0.0141. The van der Waals surface area contributed by atoms with Gasteiger partial charge in [-0.2, -0.15) is 0 Å². The van der Waals surface area contributed by atoms with Crippen molar-refractivity contribution < 1.29 is 19.1 Å². The predicted octanol–water partition coefficient (Wildman–Crippen LogP) is 1.78. The van der Waals surface area contributed by atoms with E-state index in [1.165, 1.54) is 6.92 Å². The summed E-state index contributed by atoms with van der Waals surface area (Å²) in [5.41, 5.74) is 1.33. The normalized spacial score (nSPS) is 11.9. The number of rotatable bonds is 5. The SMILES string of the molecule is Cc1oc(-c2ccccc2)nc1CC(=O)N[C@@H](C)C(=O)O. The third-order valence-corrected chi connectivity index (χ3v) is 2.99. The molecule has 0 fully saturated rings. The lowest BCUT2D eigenvalue weighted by Gasteiger charge is -2.07. The van der Waals surface area contributed by atoms with E-state index >= 15 is 0 Å². The van der Waals surface area contributed by atoms with Crippen LogP contribution in [0.4, 0.5) is 0 Å². The Hall–Kier alpha value is -2.63. The summed E-state index contributed by atoms with van der Waals surface area (Å²) in [5, 5.41) is 11.1. The first-order valence-corrected chi connectivity index (χ1v) is 6.51. The number of aromatic nitrogens is 1. The number of benzene rings is 1. The fourth-order valence-corrected chi connectivity index (χ4v) is 1.80. The van der Waals surface area contributed by atoms with Crippen molar-refractivity contribution in [3.8, 4) is 11.5 Å². The van der Waals surface area contributed by atoms with Gasteiger partial charge in [-0.15, -0.1) is 0 Å². The first-order chi connectivity index (χ1) is 9.97. The fourth-order valence-electron chi connectivity index (χ4n) is 1.80. The molecule has 6 heteroatoms. The maximum atomic E-state index is 11.8. The Kier molecular flexibility index (Phi) is 4.37. The fraction of sp³-hybridized carbons (Fsp3) is 0.267. The zero-order valence-corrected chi connectivity index (χ0v) is 11.8. The molecule has 0 spiro atoms. The Labute approximate surface area is 121 Å². The van der Waals surface area contributed by atoms with Crippen LogP contribution in [0, 0.1) is 6.92 Å². The largest absolute Gasteiger partial charge is 0.480 e. The van der Waals surface area contributed by atoms with E-state index in [0.717, 1.165) is 5.56 Å². The van der Waals surface area contributed by atoms with E-state index < -0.39 is 17.9 Å². The number of carboxylic acids is 1. The first kappa shape index (κ1) is 14.8. The van der Waals surface area contributed by atoms with Crippen LogP contribution in [0.3, 0.4) is 0 Å². The average Bonchev–Trinajstić information content (AvgIpc) is 2.81. The smallest absolute Gasteiger partial charge is 0.325 e. The third-order valence-electron chi connectivity index (χ3n) is 2.99. The van der Waals surface area contributed by atoms with Gasteiger partial charge in [-0.05, 0) is 26.0 Å². The van der Waals surface area contributed by atoms with Gasteiger partial charge >= 0.3 is 5.97 Å². The molecule has 0 aliphatic carbocycles. The molecule has 2 rings (SSSR count). The molecule has 2 aromatic rings. The molecule has 1 aromatic heterocycles. The molecule has 0 bridgehead atoms. The number of nitrogens with zero attached hydrogens (tertiary/aromatic N) is 1. The predicted molar refractivity (Wildman–Crippen MR) is 75.6 cm³/mol. The maximum absolute atomic E-state index is 11.8. The molecule has 0 saturated heterocycles. The van der Waals surface area contributed by atoms with Gasteiger partial charge in [0.05, 0.1) is 12.1 Å². The van der Waals surface area contributed by atoms with Crippen LogP contribution in [-0.2, 0) is 16.0 Å². The Balaban J connectivity index is 2.10. The maximum Gasteiger partial charge on any atom is 0.325 e. The molecule has 21 heavy (non-hydrogen) atoms. The number of aliphatic carboxylic acids is 1. The van der Waals surface area contributed by atoms with Gasteiger partial charge in [-0.25, -0.2) is 4.98 Å². The molecule has 1 atom stereocenters. The summed E-state index contributed by atoms with van der Waals surface area (Å²) in [5.74, 6) is -0.486. The summed E-state index contributed by atoms with van der Waals surface area (Å²) in [6.45, 7) is 3.13. The zero-order chi connectivity index (χ0) is 15.4. The highest BCUT2D eigenvalue weighted by Crippen LogP contribution is 2.21. The highest BCUT2D eigenvalue weighted by atomic mass is 16.4. The van der Waals surface area contributed by atoms with Gasteiger partial charge in [0, 0.05) is 5.56 Å². The number of hydrogen-bond donors (Lipinski definition) is 2. The van der Waals surface area contributed by atoms with Crippen LogP contribution in [0.1, 0.15) is 18.4 Å². The molecule has 1 amide bonds. The van der Waals surface area contributed by atoms with E-state index in [1.54, 1.807) is 6.92 Å². The van der Waals surface area contributed by atoms with Crippen LogP contribution in [0.2, 0.25) is 0 Å². The molecular weight excluding hydrogens is 272 g/mol. The van der Waals surface area contributed by atoms with Gasteiger partial charge in [0.2, 0.25) is 11.8 Å². The van der Waals surface area contributed by atoms with Gasteiger partial charge in [-0.3, -0.25) is 9.59 Å². The van der Waals surface area contributed by atoms with E-state index in [2.05, 4.69) is 10.3 Å². The second-order valence-corrected chi connectivity index (χ2v) is 4.69. The van der Waals surface area contributed by atoms with Gasteiger partial charge in [0.1, 0.15) is 11.8 Å². The second-order valence-electron chi connectivity index (χ2n) is 4.69. The van der Waals surface area contributed by atoms with Crippen molar-refractivity contribution in [2.75, 3.05) is 0 Å². The number of oxazole rings is 1. The topological polar surface area (TPSA) is 92.4 Å². The number of aryl methyl sites for hydroxylation is 1. The summed E-state index contributed by atoms with van der Waals surface area (Å²) in [6, 6.07) is 8.42. The zero-order valence-electron chi connectivity index (χ0n) is 11.8. The Morgan fingerprint density at radius 3 is 2.62 bits per heavy atom. The van der Waals surface area contributed by atoms with Gasteiger partial charge < -0.3 is 14.8 Å². The first-order valence-electron chi connectivity index (χ1n) is 6.51. The molecule has 0 radical (unpaired) electrons. The number of carbonyl (C=O) groups excluding carboxylic acids is 1. The van der Waals surface area contributed by atoms with Gasteiger partial charge in [0.25, 0.3) is 0 Å².